The van der Waals surface area contributed by atoms with Crippen LogP contribution in [0.5, 0.6) is 0 Å². The van der Waals surface area contributed by atoms with Crippen LogP contribution in [0.15, 0.2) is 18.2 Å². The van der Waals surface area contributed by atoms with E-state index in [0.717, 1.165) is 18.2 Å². The van der Waals surface area contributed by atoms with Gasteiger partial charge in [-0.05, 0) is 12.1 Å². The van der Waals surface area contributed by atoms with Crippen molar-refractivity contribution in [3.05, 3.63) is 38.9 Å². The number of nitro groups is 1. The first-order valence-electron chi connectivity index (χ1n) is 4.03. The van der Waals surface area contributed by atoms with Gasteiger partial charge in [-0.2, -0.15) is 0 Å². The summed E-state index contributed by atoms with van der Waals surface area (Å²) in [5.41, 5.74) is -0.797. The highest BCUT2D eigenvalue weighted by molar-refractivity contribution is 7.50. The number of carbonyl (C=O) groups excluding carboxylic acids is 1. The third kappa shape index (κ3) is 3.79. The molecule has 10 heteroatoms. The molecule has 0 unspecified atom stereocenters. The first-order valence-corrected chi connectivity index (χ1v) is 6.02. The molecule has 1 rings (SSSR count). The standard InChI is InChI=1S/C7H6ClN2O6P/c8-5-2-1-4(3-6(5)10(12)13)7(11)9-17(14,15)16/h1-3H,(H3,9,11,14,15,16). The van der Waals surface area contributed by atoms with Gasteiger partial charge in [-0.15, -0.1) is 0 Å². The maximum atomic E-state index is 11.3. The van der Waals surface area contributed by atoms with Crippen molar-refractivity contribution in [1.29, 1.82) is 0 Å². The van der Waals surface area contributed by atoms with Crippen LogP contribution in [0, 0.1) is 10.1 Å². The molecule has 0 aliphatic heterocycles. The highest BCUT2D eigenvalue weighted by Crippen LogP contribution is 2.30. The maximum Gasteiger partial charge on any atom is 0.430 e. The smallest absolute Gasteiger partial charge is 0.308 e. The van der Waals surface area contributed by atoms with Crippen LogP contribution in [-0.4, -0.2) is 20.6 Å². The SMILES string of the molecule is O=C(NP(=O)(O)O)c1ccc(Cl)c([N+](=O)[O-])c1. The van der Waals surface area contributed by atoms with E-state index >= 15 is 0 Å². The Morgan fingerprint density at radius 2 is 2.06 bits per heavy atom. The fourth-order valence-corrected chi connectivity index (χ4v) is 1.57. The lowest BCUT2D eigenvalue weighted by Gasteiger charge is -2.06. The average molecular weight is 281 g/mol. The van der Waals surface area contributed by atoms with Gasteiger partial charge in [0.15, 0.2) is 0 Å². The van der Waals surface area contributed by atoms with Crippen molar-refractivity contribution in [1.82, 2.24) is 5.09 Å². The number of benzene rings is 1. The summed E-state index contributed by atoms with van der Waals surface area (Å²) in [6, 6.07) is 3.03. The van der Waals surface area contributed by atoms with Gasteiger partial charge in [-0.25, -0.2) is 4.57 Å². The monoisotopic (exact) mass is 280 g/mol. The van der Waals surface area contributed by atoms with E-state index in [2.05, 4.69) is 0 Å². The Hall–Kier alpha value is -1.47. The molecule has 0 aromatic heterocycles. The molecule has 0 heterocycles. The van der Waals surface area contributed by atoms with Crippen molar-refractivity contribution >= 4 is 30.9 Å². The molecule has 92 valence electrons. The highest BCUT2D eigenvalue weighted by Gasteiger charge is 2.21. The lowest BCUT2D eigenvalue weighted by atomic mass is 10.2. The van der Waals surface area contributed by atoms with Crippen LogP contribution in [-0.2, 0) is 4.57 Å². The van der Waals surface area contributed by atoms with Crippen molar-refractivity contribution in [3.63, 3.8) is 0 Å². The molecule has 8 nitrogen and oxygen atoms in total. The number of nitro benzene ring substituents is 1. The molecule has 0 radical (unpaired) electrons. The van der Waals surface area contributed by atoms with Gasteiger partial charge in [-0.3, -0.25) is 20.0 Å². The fraction of sp³-hybridized carbons (Fsp3) is 0. The Morgan fingerprint density at radius 1 is 1.47 bits per heavy atom. The molecule has 0 spiro atoms. The van der Waals surface area contributed by atoms with Gasteiger partial charge in [-0.1, -0.05) is 11.6 Å². The van der Waals surface area contributed by atoms with Crippen LogP contribution in [0.4, 0.5) is 5.69 Å². The van der Waals surface area contributed by atoms with Gasteiger partial charge in [0.1, 0.15) is 5.02 Å². The Bertz CT molecular complexity index is 527. The molecule has 0 atom stereocenters. The second kappa shape index (κ2) is 4.80. The van der Waals surface area contributed by atoms with E-state index < -0.39 is 24.3 Å². The largest absolute Gasteiger partial charge is 0.430 e. The molecule has 17 heavy (non-hydrogen) atoms. The molecule has 0 saturated heterocycles. The van der Waals surface area contributed by atoms with E-state index in [4.69, 9.17) is 21.4 Å². The third-order valence-electron chi connectivity index (χ3n) is 1.65. The Morgan fingerprint density at radius 3 is 2.53 bits per heavy atom. The number of nitrogens with zero attached hydrogens (tertiary/aromatic N) is 1. The van der Waals surface area contributed by atoms with E-state index in [-0.39, 0.29) is 10.6 Å². The molecule has 1 aromatic carbocycles. The molecule has 1 aromatic rings. The summed E-state index contributed by atoms with van der Waals surface area (Å²) in [5.74, 6) is -1.13. The number of halogens is 1. The molecule has 1 amide bonds. The van der Waals surface area contributed by atoms with Crippen LogP contribution in [0.2, 0.25) is 5.02 Å². The van der Waals surface area contributed by atoms with Crippen LogP contribution in [0.1, 0.15) is 10.4 Å². The molecule has 0 aliphatic rings. The van der Waals surface area contributed by atoms with Crippen LogP contribution in [0.25, 0.3) is 0 Å². The summed E-state index contributed by atoms with van der Waals surface area (Å²) in [6.07, 6.45) is 0. The lowest BCUT2D eigenvalue weighted by molar-refractivity contribution is -0.384. The molecule has 0 saturated carbocycles. The number of hydrogen-bond donors (Lipinski definition) is 3. The summed E-state index contributed by atoms with van der Waals surface area (Å²) in [4.78, 5) is 38.0. The lowest BCUT2D eigenvalue weighted by Crippen LogP contribution is -2.20. The molecule has 0 bridgehead atoms. The van der Waals surface area contributed by atoms with E-state index in [1.165, 1.54) is 5.09 Å². The zero-order chi connectivity index (χ0) is 13.2. The molecule has 0 aliphatic carbocycles. The molecule has 3 N–H and O–H groups in total. The maximum absolute atomic E-state index is 11.3. The zero-order valence-electron chi connectivity index (χ0n) is 8.03. The minimum absolute atomic E-state index is 0.178. The summed E-state index contributed by atoms with van der Waals surface area (Å²) >= 11 is 5.50. The van der Waals surface area contributed by atoms with Crippen LogP contribution < -0.4 is 5.09 Å². The van der Waals surface area contributed by atoms with Gasteiger partial charge in [0.2, 0.25) is 0 Å². The first-order chi connectivity index (χ1) is 7.70. The van der Waals surface area contributed by atoms with E-state index in [1.807, 2.05) is 0 Å². The predicted molar refractivity (Wildman–Crippen MR) is 57.6 cm³/mol. The molecular weight excluding hydrogens is 275 g/mol. The molecule has 0 fully saturated rings. The number of nitrogens with one attached hydrogen (secondary N) is 1. The van der Waals surface area contributed by atoms with Crippen molar-refractivity contribution in [3.8, 4) is 0 Å². The number of hydrogen-bond acceptors (Lipinski definition) is 4. The van der Waals surface area contributed by atoms with E-state index in [1.54, 1.807) is 0 Å². The van der Waals surface area contributed by atoms with E-state index in [0.29, 0.717) is 0 Å². The summed E-state index contributed by atoms with van der Waals surface area (Å²) in [6.45, 7) is 0. The molecular formula is C7H6ClN2O6P. The van der Waals surface area contributed by atoms with Gasteiger partial charge in [0, 0.05) is 11.6 Å². The van der Waals surface area contributed by atoms with Gasteiger partial charge < -0.3 is 9.79 Å². The highest BCUT2D eigenvalue weighted by atomic mass is 35.5. The van der Waals surface area contributed by atoms with Crippen molar-refractivity contribution < 1.29 is 24.1 Å². The fourth-order valence-electron chi connectivity index (χ4n) is 0.991. The predicted octanol–water partition coefficient (Wildman–Crippen LogP) is 1.07. The summed E-state index contributed by atoms with van der Waals surface area (Å²) in [5, 5.41) is 11.7. The van der Waals surface area contributed by atoms with Gasteiger partial charge in [0.25, 0.3) is 11.6 Å². The Balaban J connectivity index is 3.08. The quantitative estimate of drug-likeness (QED) is 0.431. The topological polar surface area (TPSA) is 130 Å². The Kier molecular flexibility index (Phi) is 3.84. The first kappa shape index (κ1) is 13.6. The van der Waals surface area contributed by atoms with Crippen molar-refractivity contribution in [2.24, 2.45) is 0 Å². The summed E-state index contributed by atoms with van der Waals surface area (Å²) in [7, 11) is -4.74. The second-order valence-electron chi connectivity index (χ2n) is 2.91. The number of rotatable bonds is 3. The second-order valence-corrected chi connectivity index (χ2v) is 4.63. The number of amides is 1. The average Bonchev–Trinajstić information content (AvgIpc) is 2.14. The minimum Gasteiger partial charge on any atom is -0.308 e. The Labute approximate surface area is 99.6 Å². The van der Waals surface area contributed by atoms with Crippen LogP contribution >= 0.6 is 19.3 Å². The van der Waals surface area contributed by atoms with Crippen molar-refractivity contribution in [2.75, 3.05) is 0 Å². The van der Waals surface area contributed by atoms with Gasteiger partial charge in [0.05, 0.1) is 4.92 Å². The number of carbonyl (C=O) groups is 1. The van der Waals surface area contributed by atoms with Crippen molar-refractivity contribution in [2.45, 2.75) is 0 Å². The summed E-state index contributed by atoms with van der Waals surface area (Å²) < 4.78 is 10.5. The van der Waals surface area contributed by atoms with Crippen LogP contribution in [0.3, 0.4) is 0 Å². The normalized spacial score (nSPS) is 11.0. The van der Waals surface area contributed by atoms with E-state index in [9.17, 15) is 19.5 Å². The third-order valence-corrected chi connectivity index (χ3v) is 2.47. The zero-order valence-corrected chi connectivity index (χ0v) is 9.68. The van der Waals surface area contributed by atoms with Gasteiger partial charge >= 0.3 is 7.75 Å². The minimum atomic E-state index is -4.74.